The number of hydrogen-bond acceptors (Lipinski definition) is 6. The second-order valence-corrected chi connectivity index (χ2v) is 6.30. The van der Waals surface area contributed by atoms with E-state index in [2.05, 4.69) is 32.3 Å². The molecule has 1 N–H and O–H groups in total. The van der Waals surface area contributed by atoms with E-state index in [0.717, 1.165) is 16.9 Å². The third-order valence-corrected chi connectivity index (χ3v) is 4.23. The fourth-order valence-electron chi connectivity index (χ4n) is 2.75. The molecule has 1 unspecified atom stereocenters. The molecule has 4 aromatic rings. The fourth-order valence-corrected chi connectivity index (χ4v) is 2.75. The van der Waals surface area contributed by atoms with Crippen LogP contribution >= 0.6 is 0 Å². The number of nitrogens with zero attached hydrogens (tertiary/aromatic N) is 5. The minimum absolute atomic E-state index is 0.0644. The molecule has 0 saturated heterocycles. The summed E-state index contributed by atoms with van der Waals surface area (Å²) >= 11 is 0. The normalized spacial score (nSPS) is 11.8. The Labute approximate surface area is 163 Å². The zero-order valence-corrected chi connectivity index (χ0v) is 15.4. The van der Waals surface area contributed by atoms with Gasteiger partial charge in [0.25, 0.3) is 0 Å². The van der Waals surface area contributed by atoms with Crippen LogP contribution in [0.25, 0.3) is 5.82 Å². The summed E-state index contributed by atoms with van der Waals surface area (Å²) < 4.78 is 7.49. The lowest BCUT2D eigenvalue weighted by atomic mass is 10.1. The van der Waals surface area contributed by atoms with E-state index in [4.69, 9.17) is 4.74 Å². The minimum Gasteiger partial charge on any atom is -0.489 e. The smallest absolute Gasteiger partial charge is 0.173 e. The Bertz CT molecular complexity index is 1000. The van der Waals surface area contributed by atoms with Gasteiger partial charge in [0.1, 0.15) is 18.2 Å². The first kappa shape index (κ1) is 17.7. The Morgan fingerprint density at radius 2 is 1.89 bits per heavy atom. The number of hydrogen-bond donors (Lipinski definition) is 1. The number of rotatable bonds is 7. The molecular formula is C21H20N6O. The first-order valence-electron chi connectivity index (χ1n) is 8.98. The van der Waals surface area contributed by atoms with Gasteiger partial charge in [0.05, 0.1) is 12.4 Å². The van der Waals surface area contributed by atoms with E-state index in [1.54, 1.807) is 35.7 Å². The van der Waals surface area contributed by atoms with E-state index in [1.807, 2.05) is 48.7 Å². The summed E-state index contributed by atoms with van der Waals surface area (Å²) in [4.78, 5) is 12.9. The lowest BCUT2D eigenvalue weighted by Gasteiger charge is -2.16. The highest BCUT2D eigenvalue weighted by Crippen LogP contribution is 2.21. The molecule has 0 radical (unpaired) electrons. The molecule has 28 heavy (non-hydrogen) atoms. The van der Waals surface area contributed by atoms with Gasteiger partial charge >= 0.3 is 0 Å². The lowest BCUT2D eigenvalue weighted by Crippen LogP contribution is -2.10. The van der Waals surface area contributed by atoms with Crippen LogP contribution in [0.4, 0.5) is 5.82 Å². The summed E-state index contributed by atoms with van der Waals surface area (Å²) in [5.41, 5.74) is 2.16. The monoisotopic (exact) mass is 372 g/mol. The van der Waals surface area contributed by atoms with E-state index in [-0.39, 0.29) is 6.04 Å². The topological polar surface area (TPSA) is 77.8 Å². The van der Waals surface area contributed by atoms with Gasteiger partial charge in [0, 0.05) is 36.4 Å². The summed E-state index contributed by atoms with van der Waals surface area (Å²) in [7, 11) is 0. The van der Waals surface area contributed by atoms with E-state index >= 15 is 0 Å². The van der Waals surface area contributed by atoms with Gasteiger partial charge in [0.2, 0.25) is 0 Å². The zero-order valence-electron chi connectivity index (χ0n) is 15.4. The van der Waals surface area contributed by atoms with Crippen LogP contribution in [0.2, 0.25) is 0 Å². The van der Waals surface area contributed by atoms with Crippen molar-refractivity contribution < 1.29 is 4.74 Å². The molecule has 0 spiro atoms. The Kier molecular flexibility index (Phi) is 5.24. The Balaban J connectivity index is 1.38. The highest BCUT2D eigenvalue weighted by Gasteiger charge is 2.08. The van der Waals surface area contributed by atoms with E-state index in [1.165, 1.54) is 0 Å². The van der Waals surface area contributed by atoms with E-state index in [0.29, 0.717) is 18.2 Å². The number of benzene rings is 1. The summed E-state index contributed by atoms with van der Waals surface area (Å²) in [6, 6.07) is 13.8. The predicted molar refractivity (Wildman–Crippen MR) is 106 cm³/mol. The summed E-state index contributed by atoms with van der Waals surface area (Å²) in [6.45, 7) is 2.57. The SMILES string of the molecule is CC(Nc1cncc(-n2cccn2)n1)c1ccc(OCc2cccnc2)cc1. The molecule has 1 atom stereocenters. The molecular weight excluding hydrogens is 352 g/mol. The molecule has 0 aliphatic heterocycles. The number of pyridine rings is 1. The minimum atomic E-state index is 0.0644. The molecule has 7 heteroatoms. The van der Waals surface area contributed by atoms with Crippen molar-refractivity contribution in [2.45, 2.75) is 19.6 Å². The van der Waals surface area contributed by atoms with Crippen molar-refractivity contribution in [3.05, 3.63) is 90.8 Å². The predicted octanol–water partition coefficient (Wildman–Crippen LogP) is 3.81. The van der Waals surface area contributed by atoms with Crippen molar-refractivity contribution in [1.82, 2.24) is 24.7 Å². The lowest BCUT2D eigenvalue weighted by molar-refractivity contribution is 0.305. The van der Waals surface area contributed by atoms with Gasteiger partial charge < -0.3 is 10.1 Å². The summed E-state index contributed by atoms with van der Waals surface area (Å²) in [6.07, 6.45) is 10.5. The van der Waals surface area contributed by atoms with Crippen molar-refractivity contribution in [1.29, 1.82) is 0 Å². The summed E-state index contributed by atoms with van der Waals surface area (Å²) in [5.74, 6) is 2.18. The third-order valence-electron chi connectivity index (χ3n) is 4.23. The van der Waals surface area contributed by atoms with Crippen LogP contribution in [0.3, 0.4) is 0 Å². The Hall–Kier alpha value is -3.74. The van der Waals surface area contributed by atoms with Crippen molar-refractivity contribution in [3.8, 4) is 11.6 Å². The van der Waals surface area contributed by atoms with Crippen LogP contribution in [0.1, 0.15) is 24.1 Å². The number of aromatic nitrogens is 5. The maximum Gasteiger partial charge on any atom is 0.173 e. The molecule has 0 bridgehead atoms. The largest absolute Gasteiger partial charge is 0.489 e. The van der Waals surface area contributed by atoms with Crippen molar-refractivity contribution in [2.75, 3.05) is 5.32 Å². The molecule has 1 aromatic carbocycles. The molecule has 140 valence electrons. The average molecular weight is 372 g/mol. The van der Waals surface area contributed by atoms with Gasteiger partial charge in [-0.2, -0.15) is 5.10 Å². The van der Waals surface area contributed by atoms with Crippen LogP contribution in [0, 0.1) is 0 Å². The average Bonchev–Trinajstić information content (AvgIpc) is 3.29. The first-order valence-corrected chi connectivity index (χ1v) is 8.98. The van der Waals surface area contributed by atoms with Crippen LogP contribution in [-0.4, -0.2) is 24.7 Å². The van der Waals surface area contributed by atoms with Crippen molar-refractivity contribution in [2.24, 2.45) is 0 Å². The molecule has 0 saturated carbocycles. The number of anilines is 1. The Morgan fingerprint density at radius 3 is 2.64 bits per heavy atom. The maximum absolute atomic E-state index is 5.81. The van der Waals surface area contributed by atoms with Crippen molar-refractivity contribution >= 4 is 5.82 Å². The second kappa shape index (κ2) is 8.30. The van der Waals surface area contributed by atoms with Crippen LogP contribution in [-0.2, 0) is 6.61 Å². The van der Waals surface area contributed by atoms with Crippen LogP contribution in [0.5, 0.6) is 5.75 Å². The fraction of sp³-hybridized carbons (Fsp3) is 0.143. The molecule has 0 amide bonds. The molecule has 3 aromatic heterocycles. The second-order valence-electron chi connectivity index (χ2n) is 6.30. The van der Waals surface area contributed by atoms with Crippen LogP contribution in [0.15, 0.2) is 79.6 Å². The van der Waals surface area contributed by atoms with Crippen molar-refractivity contribution in [3.63, 3.8) is 0 Å². The van der Waals surface area contributed by atoms with E-state index in [9.17, 15) is 0 Å². The molecule has 0 aliphatic rings. The third kappa shape index (κ3) is 4.32. The highest BCUT2D eigenvalue weighted by molar-refractivity contribution is 5.40. The van der Waals surface area contributed by atoms with Gasteiger partial charge in [-0.1, -0.05) is 18.2 Å². The van der Waals surface area contributed by atoms with Gasteiger partial charge in [-0.05, 0) is 36.8 Å². The zero-order chi connectivity index (χ0) is 19.2. The molecule has 0 aliphatic carbocycles. The number of ether oxygens (including phenoxy) is 1. The number of nitrogens with one attached hydrogen (secondary N) is 1. The molecule has 3 heterocycles. The Morgan fingerprint density at radius 1 is 1.00 bits per heavy atom. The first-order chi connectivity index (χ1) is 13.8. The van der Waals surface area contributed by atoms with Gasteiger partial charge in [-0.15, -0.1) is 0 Å². The van der Waals surface area contributed by atoms with Crippen LogP contribution < -0.4 is 10.1 Å². The maximum atomic E-state index is 5.81. The van der Waals surface area contributed by atoms with Gasteiger partial charge in [0.15, 0.2) is 5.82 Å². The van der Waals surface area contributed by atoms with E-state index < -0.39 is 0 Å². The van der Waals surface area contributed by atoms with Gasteiger partial charge in [-0.3, -0.25) is 9.97 Å². The van der Waals surface area contributed by atoms with Gasteiger partial charge in [-0.25, -0.2) is 9.67 Å². The quantitative estimate of drug-likeness (QED) is 0.531. The molecule has 0 fully saturated rings. The molecule has 4 rings (SSSR count). The molecule has 7 nitrogen and oxygen atoms in total. The standard InChI is InChI=1S/C21H20N6O/c1-16(25-20-13-23-14-21(26-20)27-11-3-10-24-27)18-5-7-19(8-6-18)28-15-17-4-2-9-22-12-17/h2-14,16H,15H2,1H3,(H,25,26). The summed E-state index contributed by atoms with van der Waals surface area (Å²) in [5, 5.41) is 7.56. The highest BCUT2D eigenvalue weighted by atomic mass is 16.5.